The van der Waals surface area contributed by atoms with Crippen LogP contribution in [0.25, 0.3) is 0 Å². The molecule has 0 aliphatic heterocycles. The van der Waals surface area contributed by atoms with Crippen molar-refractivity contribution in [3.63, 3.8) is 0 Å². The highest BCUT2D eigenvalue weighted by molar-refractivity contribution is 9.10. The van der Waals surface area contributed by atoms with Crippen LogP contribution in [0.3, 0.4) is 0 Å². The van der Waals surface area contributed by atoms with Gasteiger partial charge >= 0.3 is 0 Å². The molecule has 2 aromatic rings. The number of likely N-dealkylation sites (N-methyl/N-ethyl adjacent to an activating group) is 1. The third kappa shape index (κ3) is 5.36. The van der Waals surface area contributed by atoms with Crippen LogP contribution in [0.15, 0.2) is 53.0 Å². The second kappa shape index (κ2) is 8.67. The Kier molecular flexibility index (Phi) is 6.59. The van der Waals surface area contributed by atoms with E-state index in [4.69, 9.17) is 4.74 Å². The van der Waals surface area contributed by atoms with Crippen LogP contribution < -0.4 is 4.74 Å². The summed E-state index contributed by atoms with van der Waals surface area (Å²) in [5.41, 5.74) is 1.11. The van der Waals surface area contributed by atoms with E-state index in [-0.39, 0.29) is 18.3 Å². The van der Waals surface area contributed by atoms with Crippen LogP contribution >= 0.6 is 15.9 Å². The first kappa shape index (κ1) is 17.5. The summed E-state index contributed by atoms with van der Waals surface area (Å²) in [6.45, 7) is 0.682. The Morgan fingerprint density at radius 2 is 1.87 bits per heavy atom. The first-order valence-electron chi connectivity index (χ1n) is 7.42. The standard InChI is InChI=1S/C18H19BrFNO2/c1-21(12-13-23-17-9-5-4-8-16(17)20)18(22)11-10-14-6-2-3-7-15(14)19/h2-9H,10-13H2,1H3. The third-order valence-corrected chi connectivity index (χ3v) is 4.29. The molecule has 0 heterocycles. The molecular formula is C18H19BrFNO2. The maximum atomic E-state index is 13.4. The highest BCUT2D eigenvalue weighted by Crippen LogP contribution is 2.18. The minimum Gasteiger partial charge on any atom is -0.489 e. The monoisotopic (exact) mass is 379 g/mol. The zero-order chi connectivity index (χ0) is 16.7. The fraction of sp³-hybridized carbons (Fsp3) is 0.278. The molecule has 0 aliphatic carbocycles. The van der Waals surface area contributed by atoms with Crippen LogP contribution in [-0.4, -0.2) is 31.0 Å². The van der Waals surface area contributed by atoms with E-state index in [0.717, 1.165) is 10.0 Å². The minimum atomic E-state index is -0.393. The van der Waals surface area contributed by atoms with Gasteiger partial charge in [0.05, 0.1) is 6.54 Å². The number of benzene rings is 2. The average molecular weight is 380 g/mol. The van der Waals surface area contributed by atoms with E-state index in [1.165, 1.54) is 6.07 Å². The number of para-hydroxylation sites is 1. The smallest absolute Gasteiger partial charge is 0.222 e. The number of aryl methyl sites for hydroxylation is 1. The average Bonchev–Trinajstić information content (AvgIpc) is 2.55. The van der Waals surface area contributed by atoms with Crippen LogP contribution in [0.1, 0.15) is 12.0 Å². The van der Waals surface area contributed by atoms with Crippen molar-refractivity contribution in [2.24, 2.45) is 0 Å². The van der Waals surface area contributed by atoms with Crippen LogP contribution in [0.4, 0.5) is 4.39 Å². The van der Waals surface area contributed by atoms with Gasteiger partial charge in [0.2, 0.25) is 5.91 Å². The number of rotatable bonds is 7. The molecule has 122 valence electrons. The Balaban J connectivity index is 1.75. The molecule has 2 rings (SSSR count). The van der Waals surface area contributed by atoms with Crippen molar-refractivity contribution in [2.75, 3.05) is 20.2 Å². The molecule has 5 heteroatoms. The number of carbonyl (C=O) groups excluding carboxylic acids is 1. The number of carbonyl (C=O) groups is 1. The van der Waals surface area contributed by atoms with E-state index in [1.807, 2.05) is 24.3 Å². The van der Waals surface area contributed by atoms with Gasteiger partial charge in [-0.2, -0.15) is 0 Å². The highest BCUT2D eigenvalue weighted by atomic mass is 79.9. The van der Waals surface area contributed by atoms with Crippen LogP contribution in [0.2, 0.25) is 0 Å². The summed E-state index contributed by atoms with van der Waals surface area (Å²) in [6, 6.07) is 14.1. The van der Waals surface area contributed by atoms with E-state index >= 15 is 0 Å². The first-order chi connectivity index (χ1) is 11.1. The van der Waals surface area contributed by atoms with E-state index in [2.05, 4.69) is 15.9 Å². The molecule has 3 nitrogen and oxygen atoms in total. The maximum Gasteiger partial charge on any atom is 0.222 e. The Bertz CT molecular complexity index is 663. The van der Waals surface area contributed by atoms with E-state index < -0.39 is 5.82 Å². The zero-order valence-electron chi connectivity index (χ0n) is 13.0. The van der Waals surface area contributed by atoms with Gasteiger partial charge in [-0.15, -0.1) is 0 Å². The number of halogens is 2. The Morgan fingerprint density at radius 1 is 1.17 bits per heavy atom. The van der Waals surface area contributed by atoms with E-state index in [0.29, 0.717) is 19.4 Å². The molecule has 0 aliphatic rings. The van der Waals surface area contributed by atoms with Gasteiger partial charge in [-0.3, -0.25) is 4.79 Å². The van der Waals surface area contributed by atoms with Crippen molar-refractivity contribution in [1.82, 2.24) is 4.90 Å². The fourth-order valence-electron chi connectivity index (χ4n) is 2.11. The lowest BCUT2D eigenvalue weighted by Gasteiger charge is -2.18. The normalized spacial score (nSPS) is 10.4. The summed E-state index contributed by atoms with van der Waals surface area (Å²) in [6.07, 6.45) is 1.11. The fourth-order valence-corrected chi connectivity index (χ4v) is 2.60. The maximum absolute atomic E-state index is 13.4. The summed E-state index contributed by atoms with van der Waals surface area (Å²) in [5.74, 6) is -0.144. The number of amides is 1. The lowest BCUT2D eigenvalue weighted by atomic mass is 10.1. The zero-order valence-corrected chi connectivity index (χ0v) is 14.6. The lowest BCUT2D eigenvalue weighted by molar-refractivity contribution is -0.130. The van der Waals surface area contributed by atoms with Crippen LogP contribution in [0, 0.1) is 5.82 Å². The molecule has 0 atom stereocenters. The Morgan fingerprint density at radius 3 is 2.61 bits per heavy atom. The second-order valence-corrected chi connectivity index (χ2v) is 6.04. The van der Waals surface area contributed by atoms with Crippen molar-refractivity contribution in [2.45, 2.75) is 12.8 Å². The topological polar surface area (TPSA) is 29.5 Å². The van der Waals surface area contributed by atoms with Gasteiger partial charge in [-0.1, -0.05) is 46.3 Å². The summed E-state index contributed by atoms with van der Waals surface area (Å²) < 4.78 is 19.8. The first-order valence-corrected chi connectivity index (χ1v) is 8.22. The molecule has 1 amide bonds. The molecule has 0 fully saturated rings. The predicted molar refractivity (Wildman–Crippen MR) is 92.0 cm³/mol. The van der Waals surface area contributed by atoms with Crippen molar-refractivity contribution >= 4 is 21.8 Å². The molecule has 0 radical (unpaired) electrons. The number of nitrogens with zero attached hydrogens (tertiary/aromatic N) is 1. The Labute approximate surface area is 144 Å². The number of hydrogen-bond acceptors (Lipinski definition) is 2. The molecule has 0 N–H and O–H groups in total. The lowest BCUT2D eigenvalue weighted by Crippen LogP contribution is -2.31. The summed E-state index contributed by atoms with van der Waals surface area (Å²) in [4.78, 5) is 13.7. The molecule has 0 aromatic heterocycles. The van der Waals surface area contributed by atoms with E-state index in [1.54, 1.807) is 30.1 Å². The quantitative estimate of drug-likeness (QED) is 0.725. The number of hydrogen-bond donors (Lipinski definition) is 0. The third-order valence-electron chi connectivity index (χ3n) is 3.51. The second-order valence-electron chi connectivity index (χ2n) is 5.19. The van der Waals surface area contributed by atoms with Crippen LogP contribution in [0.5, 0.6) is 5.75 Å². The van der Waals surface area contributed by atoms with Crippen molar-refractivity contribution < 1.29 is 13.9 Å². The number of ether oxygens (including phenoxy) is 1. The highest BCUT2D eigenvalue weighted by Gasteiger charge is 2.10. The van der Waals surface area contributed by atoms with Gasteiger partial charge in [0.15, 0.2) is 11.6 Å². The van der Waals surface area contributed by atoms with Gasteiger partial charge in [0, 0.05) is 17.9 Å². The largest absolute Gasteiger partial charge is 0.489 e. The predicted octanol–water partition coefficient (Wildman–Crippen LogP) is 4.06. The molecule has 23 heavy (non-hydrogen) atoms. The summed E-state index contributed by atoms with van der Waals surface area (Å²) in [7, 11) is 1.73. The van der Waals surface area contributed by atoms with Gasteiger partial charge < -0.3 is 9.64 Å². The van der Waals surface area contributed by atoms with Gasteiger partial charge in [-0.05, 0) is 30.2 Å². The molecule has 0 unspecified atom stereocenters. The molecular weight excluding hydrogens is 361 g/mol. The minimum absolute atomic E-state index is 0.0397. The molecule has 2 aromatic carbocycles. The summed E-state index contributed by atoms with van der Waals surface area (Å²) >= 11 is 3.48. The van der Waals surface area contributed by atoms with Crippen molar-refractivity contribution in [3.8, 4) is 5.75 Å². The molecule has 0 saturated carbocycles. The molecule has 0 bridgehead atoms. The Hall–Kier alpha value is -1.88. The summed E-state index contributed by atoms with van der Waals surface area (Å²) in [5, 5.41) is 0. The molecule has 0 saturated heterocycles. The molecule has 0 spiro atoms. The van der Waals surface area contributed by atoms with E-state index in [9.17, 15) is 9.18 Å². The van der Waals surface area contributed by atoms with Gasteiger partial charge in [0.25, 0.3) is 0 Å². The van der Waals surface area contributed by atoms with Crippen molar-refractivity contribution in [3.05, 3.63) is 64.4 Å². The van der Waals surface area contributed by atoms with Gasteiger partial charge in [0.1, 0.15) is 6.61 Å². The van der Waals surface area contributed by atoms with Crippen molar-refractivity contribution in [1.29, 1.82) is 0 Å². The SMILES string of the molecule is CN(CCOc1ccccc1F)C(=O)CCc1ccccc1Br. The van der Waals surface area contributed by atoms with Gasteiger partial charge in [-0.25, -0.2) is 4.39 Å². The van der Waals surface area contributed by atoms with Crippen LogP contribution in [-0.2, 0) is 11.2 Å².